The van der Waals surface area contributed by atoms with Gasteiger partial charge in [-0.1, -0.05) is 48.0 Å². The van der Waals surface area contributed by atoms with Gasteiger partial charge in [0.2, 0.25) is 5.60 Å². The summed E-state index contributed by atoms with van der Waals surface area (Å²) in [7, 11) is -0.575. The molecule has 0 saturated carbocycles. The summed E-state index contributed by atoms with van der Waals surface area (Å²) in [5.74, 6) is -0.630. The average Bonchev–Trinajstić information content (AvgIpc) is 3.24. The predicted molar refractivity (Wildman–Crippen MR) is 161 cm³/mol. The number of carbonyl (C=O) groups excluding carboxylic acids is 2. The largest absolute Gasteiger partial charge is 0.497 e. The molecule has 5 rings (SSSR count). The van der Waals surface area contributed by atoms with Gasteiger partial charge in [-0.3, -0.25) is 10.1 Å². The first-order valence-corrected chi connectivity index (χ1v) is 14.7. The van der Waals surface area contributed by atoms with E-state index in [1.54, 1.807) is 55.5 Å². The lowest BCUT2D eigenvalue weighted by Gasteiger charge is -2.30. The number of amides is 2. The number of nitrogens with one attached hydrogen (secondary N) is 1. The summed E-state index contributed by atoms with van der Waals surface area (Å²) >= 11 is 6.55. The van der Waals surface area contributed by atoms with Crippen LogP contribution in [0.5, 0.6) is 17.2 Å². The van der Waals surface area contributed by atoms with Gasteiger partial charge in [-0.05, 0) is 55.0 Å². The van der Waals surface area contributed by atoms with Crippen LogP contribution in [0.25, 0.3) is 0 Å². The molecule has 1 unspecified atom stereocenters. The molecule has 12 heteroatoms. The molecule has 1 heterocycles. The predicted octanol–water partition coefficient (Wildman–Crippen LogP) is 5.90. The number of aryl methyl sites for hydroxylation is 1. The van der Waals surface area contributed by atoms with Gasteiger partial charge in [-0.25, -0.2) is 13.2 Å². The van der Waals surface area contributed by atoms with Crippen molar-refractivity contribution in [2.75, 3.05) is 31.0 Å². The number of methoxy groups -OCH3 is 3. The number of halogens is 1. The lowest BCUT2D eigenvalue weighted by Crippen LogP contribution is -2.47. The van der Waals surface area contributed by atoms with Gasteiger partial charge in [0.15, 0.2) is 0 Å². The van der Waals surface area contributed by atoms with Gasteiger partial charge in [0.1, 0.15) is 22.1 Å². The summed E-state index contributed by atoms with van der Waals surface area (Å²) < 4.78 is 51.6. The minimum Gasteiger partial charge on any atom is -0.497 e. The second-order valence-corrected chi connectivity index (χ2v) is 11.6. The van der Waals surface area contributed by atoms with E-state index in [1.165, 1.54) is 57.7 Å². The number of anilines is 2. The lowest BCUT2D eigenvalue weighted by atomic mass is 9.86. The van der Waals surface area contributed by atoms with Crippen LogP contribution in [-0.2, 0) is 25.2 Å². The molecule has 0 spiro atoms. The number of nitrogens with zero attached hydrogens (tertiary/aromatic N) is 1. The Hall–Kier alpha value is -4.74. The molecule has 1 aliphatic rings. The highest BCUT2D eigenvalue weighted by molar-refractivity contribution is 7.93. The number of ether oxygens (including phenoxy) is 4. The number of carbonyl (C=O) groups is 2. The van der Waals surface area contributed by atoms with Gasteiger partial charge in [0.25, 0.3) is 15.9 Å². The van der Waals surface area contributed by atoms with Crippen molar-refractivity contribution in [2.45, 2.75) is 17.4 Å². The third-order valence-corrected chi connectivity index (χ3v) is 9.15. The van der Waals surface area contributed by atoms with Crippen LogP contribution < -0.4 is 23.8 Å². The first-order valence-electron chi connectivity index (χ1n) is 12.9. The van der Waals surface area contributed by atoms with E-state index in [1.807, 2.05) is 0 Å². The van der Waals surface area contributed by atoms with E-state index < -0.39 is 27.6 Å². The fourth-order valence-corrected chi connectivity index (χ4v) is 6.72. The standard InChI is InChI=1S/C31H27ClN2O8S/c1-19-16-25-23(18-24(19)32)31(22-12-8-9-13-26(22)40-3,42-30(36)33-20-10-6-5-7-11-20)29(35)34(25)43(37,38)28-15-14-21(39-2)17-27(28)41-4/h5-18H,1-4H3,(H,33,36). The number of hydrogen-bond acceptors (Lipinski definition) is 8. The molecule has 4 aromatic rings. The molecular weight excluding hydrogens is 596 g/mol. The highest BCUT2D eigenvalue weighted by Gasteiger charge is 2.61. The van der Waals surface area contributed by atoms with E-state index in [-0.39, 0.29) is 38.2 Å². The maximum atomic E-state index is 14.8. The molecule has 0 bridgehead atoms. The SMILES string of the molecule is COc1ccc(S(=O)(=O)N2C(=O)C(OC(=O)Nc3ccccc3)(c3ccccc3OC)c3cc(Cl)c(C)cc32)c(OC)c1. The van der Waals surface area contributed by atoms with E-state index in [2.05, 4.69) is 5.32 Å². The average molecular weight is 623 g/mol. The van der Waals surface area contributed by atoms with Crippen LogP contribution in [0.3, 0.4) is 0 Å². The molecule has 1 atom stereocenters. The quantitative estimate of drug-likeness (QED) is 0.258. The Balaban J connectivity index is 1.78. The van der Waals surface area contributed by atoms with Crippen LogP contribution in [0, 0.1) is 6.92 Å². The summed E-state index contributed by atoms with van der Waals surface area (Å²) in [6.45, 7) is 1.66. The lowest BCUT2D eigenvalue weighted by molar-refractivity contribution is -0.131. The summed E-state index contributed by atoms with van der Waals surface area (Å²) in [4.78, 5) is 28.0. The third-order valence-electron chi connectivity index (χ3n) is 7.00. The summed E-state index contributed by atoms with van der Waals surface area (Å²) in [5.41, 5.74) is -1.39. The molecule has 1 N–H and O–H groups in total. The van der Waals surface area contributed by atoms with Gasteiger partial charge in [-0.15, -0.1) is 0 Å². The molecule has 1 aliphatic heterocycles. The van der Waals surface area contributed by atoms with Crippen molar-refractivity contribution in [3.8, 4) is 17.2 Å². The van der Waals surface area contributed by atoms with Crippen molar-refractivity contribution < 1.29 is 37.0 Å². The number of fused-ring (bicyclic) bond motifs is 1. The van der Waals surface area contributed by atoms with Gasteiger partial charge in [0.05, 0.1) is 32.6 Å². The zero-order chi connectivity index (χ0) is 30.9. The van der Waals surface area contributed by atoms with Crippen molar-refractivity contribution in [1.29, 1.82) is 0 Å². The highest BCUT2D eigenvalue weighted by Crippen LogP contribution is 2.53. The molecule has 0 aromatic heterocycles. The number of rotatable bonds is 8. The van der Waals surface area contributed by atoms with Crippen LogP contribution in [-0.4, -0.2) is 41.7 Å². The Morgan fingerprint density at radius 3 is 2.19 bits per heavy atom. The zero-order valence-electron chi connectivity index (χ0n) is 23.6. The molecular formula is C31H27ClN2O8S. The van der Waals surface area contributed by atoms with Crippen molar-refractivity contribution >= 4 is 45.0 Å². The summed E-state index contributed by atoms with van der Waals surface area (Å²) in [5, 5.41) is 2.83. The Morgan fingerprint density at radius 2 is 1.51 bits per heavy atom. The highest BCUT2D eigenvalue weighted by atomic mass is 35.5. The number of sulfonamides is 1. The summed E-state index contributed by atoms with van der Waals surface area (Å²) in [6, 6.07) is 21.8. The van der Waals surface area contributed by atoms with Crippen molar-refractivity contribution in [1.82, 2.24) is 0 Å². The number of benzene rings is 4. The van der Waals surface area contributed by atoms with Crippen LogP contribution in [0.1, 0.15) is 16.7 Å². The Morgan fingerprint density at radius 1 is 0.837 bits per heavy atom. The molecule has 0 saturated heterocycles. The van der Waals surface area contributed by atoms with Gasteiger partial charge in [-0.2, -0.15) is 4.31 Å². The second kappa shape index (κ2) is 11.5. The Bertz CT molecular complexity index is 1830. The first-order chi connectivity index (χ1) is 20.6. The minimum absolute atomic E-state index is 0.0249. The van der Waals surface area contributed by atoms with Crippen molar-refractivity contribution in [3.63, 3.8) is 0 Å². The molecule has 10 nitrogen and oxygen atoms in total. The van der Waals surface area contributed by atoms with E-state index in [0.29, 0.717) is 21.3 Å². The van der Waals surface area contributed by atoms with Crippen LogP contribution in [0.2, 0.25) is 5.02 Å². The normalized spacial score (nSPS) is 15.9. The minimum atomic E-state index is -4.68. The monoisotopic (exact) mass is 622 g/mol. The second-order valence-electron chi connectivity index (χ2n) is 9.47. The molecule has 2 amide bonds. The topological polar surface area (TPSA) is 120 Å². The fraction of sp³-hybridized carbons (Fsp3) is 0.161. The molecule has 0 aliphatic carbocycles. The summed E-state index contributed by atoms with van der Waals surface area (Å²) in [6.07, 6.45) is -1.02. The molecule has 0 radical (unpaired) electrons. The van der Waals surface area contributed by atoms with Crippen molar-refractivity contribution in [3.05, 3.63) is 107 Å². The number of hydrogen-bond donors (Lipinski definition) is 1. The van der Waals surface area contributed by atoms with Gasteiger partial charge in [0, 0.05) is 22.3 Å². The molecule has 0 fully saturated rings. The molecule has 222 valence electrons. The maximum Gasteiger partial charge on any atom is 0.413 e. The van der Waals surface area contributed by atoms with Crippen LogP contribution in [0.4, 0.5) is 16.2 Å². The third kappa shape index (κ3) is 5.00. The van der Waals surface area contributed by atoms with E-state index in [9.17, 15) is 18.0 Å². The van der Waals surface area contributed by atoms with Crippen LogP contribution in [0.15, 0.2) is 89.8 Å². The van der Waals surface area contributed by atoms with Crippen LogP contribution >= 0.6 is 11.6 Å². The van der Waals surface area contributed by atoms with E-state index in [0.717, 1.165) is 0 Å². The smallest absolute Gasteiger partial charge is 0.413 e. The van der Waals surface area contributed by atoms with Gasteiger partial charge < -0.3 is 18.9 Å². The maximum absolute atomic E-state index is 14.8. The Labute approximate surface area is 253 Å². The number of para-hydroxylation sites is 2. The molecule has 4 aromatic carbocycles. The zero-order valence-corrected chi connectivity index (χ0v) is 25.2. The fourth-order valence-electron chi connectivity index (χ4n) is 4.96. The Kier molecular flexibility index (Phi) is 7.96. The molecule has 43 heavy (non-hydrogen) atoms. The van der Waals surface area contributed by atoms with Gasteiger partial charge >= 0.3 is 6.09 Å². The van der Waals surface area contributed by atoms with E-state index in [4.69, 9.17) is 30.5 Å². The first kappa shape index (κ1) is 29.7. The van der Waals surface area contributed by atoms with Crippen molar-refractivity contribution in [2.24, 2.45) is 0 Å². The van der Waals surface area contributed by atoms with E-state index >= 15 is 0 Å².